The Labute approximate surface area is 164 Å². The first-order chi connectivity index (χ1) is 12.0. The van der Waals surface area contributed by atoms with Crippen LogP contribution in [0.5, 0.6) is 5.75 Å². The van der Waals surface area contributed by atoms with Crippen LogP contribution in [0.15, 0.2) is 52.1 Å². The largest absolute Gasteiger partial charge is 0.479 e. The first-order valence-electron chi connectivity index (χ1n) is 7.34. The number of nitrogens with zero attached hydrogens (tertiary/aromatic N) is 2. The lowest BCUT2D eigenvalue weighted by Crippen LogP contribution is -2.03. The van der Waals surface area contributed by atoms with E-state index in [1.165, 1.54) is 11.8 Å². The Morgan fingerprint density at radius 2 is 1.88 bits per heavy atom. The molecule has 1 heterocycles. The zero-order valence-electron chi connectivity index (χ0n) is 13.1. The minimum atomic E-state index is -0.444. The van der Waals surface area contributed by atoms with Crippen LogP contribution in [0.1, 0.15) is 24.5 Å². The SMILES string of the molecule is C[C@H](Oc1ccc(Cl)cc1Cl)c1nnc(SCc2ccccc2Cl)o1. The van der Waals surface area contributed by atoms with Crippen LogP contribution >= 0.6 is 46.6 Å². The van der Waals surface area contributed by atoms with Crippen molar-refractivity contribution in [3.63, 3.8) is 0 Å². The lowest BCUT2D eigenvalue weighted by Gasteiger charge is -2.12. The third-order valence-corrected chi connectivity index (χ3v) is 5.04. The molecule has 0 aliphatic rings. The normalized spacial score (nSPS) is 12.2. The zero-order chi connectivity index (χ0) is 17.8. The quantitative estimate of drug-likeness (QED) is 0.432. The number of ether oxygens (including phenoxy) is 1. The summed E-state index contributed by atoms with van der Waals surface area (Å²) in [5.74, 6) is 1.51. The van der Waals surface area contributed by atoms with E-state index in [0.29, 0.717) is 37.7 Å². The van der Waals surface area contributed by atoms with Gasteiger partial charge in [0, 0.05) is 15.8 Å². The molecule has 8 heteroatoms. The van der Waals surface area contributed by atoms with Crippen molar-refractivity contribution in [3.05, 3.63) is 69.0 Å². The summed E-state index contributed by atoms with van der Waals surface area (Å²) in [7, 11) is 0. The molecule has 0 saturated carbocycles. The molecule has 0 aliphatic heterocycles. The van der Waals surface area contributed by atoms with Crippen molar-refractivity contribution in [3.8, 4) is 5.75 Å². The standard InChI is InChI=1S/C17H13Cl3N2O2S/c1-10(23-15-7-6-12(18)8-14(15)20)16-21-22-17(24-16)25-9-11-4-2-3-5-13(11)19/h2-8,10H,9H2,1H3/t10-/m0/s1. The lowest BCUT2D eigenvalue weighted by atomic mass is 10.2. The maximum atomic E-state index is 6.14. The number of halogens is 3. The molecule has 0 spiro atoms. The average Bonchev–Trinajstić information content (AvgIpc) is 3.06. The van der Waals surface area contributed by atoms with Crippen LogP contribution < -0.4 is 4.74 Å². The Bertz CT molecular complexity index is 873. The van der Waals surface area contributed by atoms with Gasteiger partial charge in [0.15, 0.2) is 6.10 Å². The number of hydrogen-bond donors (Lipinski definition) is 0. The van der Waals surface area contributed by atoms with E-state index in [4.69, 9.17) is 44.0 Å². The van der Waals surface area contributed by atoms with Gasteiger partial charge in [-0.3, -0.25) is 0 Å². The third kappa shape index (κ3) is 4.82. The summed E-state index contributed by atoms with van der Waals surface area (Å²) in [4.78, 5) is 0. The molecule has 0 aliphatic carbocycles. The van der Waals surface area contributed by atoms with Crippen molar-refractivity contribution in [2.45, 2.75) is 24.0 Å². The second kappa shape index (κ2) is 8.32. The predicted octanol–water partition coefficient (Wildman–Crippen LogP) is 6.46. The number of rotatable bonds is 6. The Balaban J connectivity index is 1.63. The Kier molecular flexibility index (Phi) is 6.12. The van der Waals surface area contributed by atoms with Crippen molar-refractivity contribution >= 4 is 46.6 Å². The number of hydrogen-bond acceptors (Lipinski definition) is 5. The highest BCUT2D eigenvalue weighted by molar-refractivity contribution is 7.98. The third-order valence-electron chi connectivity index (χ3n) is 3.28. The molecule has 25 heavy (non-hydrogen) atoms. The molecule has 0 amide bonds. The summed E-state index contributed by atoms with van der Waals surface area (Å²) in [6.45, 7) is 1.81. The lowest BCUT2D eigenvalue weighted by molar-refractivity contribution is 0.182. The minimum absolute atomic E-state index is 0.368. The van der Waals surface area contributed by atoms with Gasteiger partial charge in [-0.1, -0.05) is 64.8 Å². The fraction of sp³-hybridized carbons (Fsp3) is 0.176. The summed E-state index contributed by atoms with van der Waals surface area (Å²) in [6, 6.07) is 12.7. The molecule has 1 atom stereocenters. The molecule has 0 N–H and O–H groups in total. The smallest absolute Gasteiger partial charge is 0.277 e. The summed E-state index contributed by atoms with van der Waals surface area (Å²) >= 11 is 19.5. The van der Waals surface area contributed by atoms with E-state index in [1.807, 2.05) is 24.3 Å². The van der Waals surface area contributed by atoms with Crippen LogP contribution in [-0.4, -0.2) is 10.2 Å². The molecule has 0 fully saturated rings. The second-order valence-corrected chi connectivity index (χ2v) is 7.30. The Hall–Kier alpha value is -1.40. The molecule has 0 radical (unpaired) electrons. The Morgan fingerprint density at radius 3 is 2.64 bits per heavy atom. The molecular weight excluding hydrogens is 403 g/mol. The van der Waals surface area contributed by atoms with Crippen LogP contribution in [-0.2, 0) is 5.75 Å². The van der Waals surface area contributed by atoms with Gasteiger partial charge in [0.25, 0.3) is 11.1 Å². The summed E-state index contributed by atoms with van der Waals surface area (Å²) < 4.78 is 11.4. The van der Waals surface area contributed by atoms with Gasteiger partial charge in [0.05, 0.1) is 5.02 Å². The molecule has 0 unspecified atom stereocenters. The fourth-order valence-electron chi connectivity index (χ4n) is 2.01. The van der Waals surface area contributed by atoms with Gasteiger partial charge in [0.2, 0.25) is 0 Å². The second-order valence-electron chi connectivity index (χ2n) is 5.12. The molecule has 0 bridgehead atoms. The van der Waals surface area contributed by atoms with Gasteiger partial charge < -0.3 is 9.15 Å². The number of thioether (sulfide) groups is 1. The van der Waals surface area contributed by atoms with Crippen molar-refractivity contribution in [1.29, 1.82) is 0 Å². The molecule has 3 rings (SSSR count). The molecule has 4 nitrogen and oxygen atoms in total. The van der Waals surface area contributed by atoms with Crippen molar-refractivity contribution in [2.24, 2.45) is 0 Å². The molecule has 1 aromatic heterocycles. The van der Waals surface area contributed by atoms with E-state index in [2.05, 4.69) is 10.2 Å². The van der Waals surface area contributed by atoms with Crippen LogP contribution in [0.3, 0.4) is 0 Å². The monoisotopic (exact) mass is 414 g/mol. The molecular formula is C17H13Cl3N2O2S. The summed E-state index contributed by atoms with van der Waals surface area (Å²) in [6.07, 6.45) is -0.444. The van der Waals surface area contributed by atoms with Crippen molar-refractivity contribution < 1.29 is 9.15 Å². The first-order valence-corrected chi connectivity index (χ1v) is 9.46. The van der Waals surface area contributed by atoms with Gasteiger partial charge >= 0.3 is 0 Å². The summed E-state index contributed by atoms with van der Waals surface area (Å²) in [5, 5.41) is 10.2. The van der Waals surface area contributed by atoms with Crippen molar-refractivity contribution in [1.82, 2.24) is 10.2 Å². The Morgan fingerprint density at radius 1 is 1.08 bits per heavy atom. The summed E-state index contributed by atoms with van der Waals surface area (Å²) in [5.41, 5.74) is 1.01. The van der Waals surface area contributed by atoms with Crippen LogP contribution in [0.25, 0.3) is 0 Å². The van der Waals surface area contributed by atoms with Gasteiger partial charge in [-0.05, 0) is 36.8 Å². The van der Waals surface area contributed by atoms with Gasteiger partial charge in [-0.2, -0.15) is 0 Å². The number of benzene rings is 2. The first kappa shape index (κ1) is 18.4. The van der Waals surface area contributed by atoms with Crippen LogP contribution in [0.2, 0.25) is 15.1 Å². The molecule has 2 aromatic carbocycles. The van der Waals surface area contributed by atoms with E-state index in [-0.39, 0.29) is 0 Å². The van der Waals surface area contributed by atoms with Crippen molar-refractivity contribution in [2.75, 3.05) is 0 Å². The zero-order valence-corrected chi connectivity index (χ0v) is 16.2. The highest BCUT2D eigenvalue weighted by Crippen LogP contribution is 2.32. The van der Waals surface area contributed by atoms with E-state index in [9.17, 15) is 0 Å². The topological polar surface area (TPSA) is 48.2 Å². The fourth-order valence-corrected chi connectivity index (χ4v) is 3.52. The van der Waals surface area contributed by atoms with Gasteiger partial charge in [-0.25, -0.2) is 0 Å². The molecule has 0 saturated heterocycles. The predicted molar refractivity (Wildman–Crippen MR) is 101 cm³/mol. The van der Waals surface area contributed by atoms with Crippen LogP contribution in [0, 0.1) is 0 Å². The maximum absolute atomic E-state index is 6.14. The molecule has 3 aromatic rings. The van der Waals surface area contributed by atoms with Crippen LogP contribution in [0.4, 0.5) is 0 Å². The highest BCUT2D eigenvalue weighted by atomic mass is 35.5. The van der Waals surface area contributed by atoms with E-state index < -0.39 is 6.10 Å². The van der Waals surface area contributed by atoms with E-state index >= 15 is 0 Å². The van der Waals surface area contributed by atoms with E-state index in [0.717, 1.165) is 5.56 Å². The molecule has 130 valence electrons. The minimum Gasteiger partial charge on any atom is -0.479 e. The highest BCUT2D eigenvalue weighted by Gasteiger charge is 2.17. The van der Waals surface area contributed by atoms with Gasteiger partial charge in [-0.15, -0.1) is 10.2 Å². The number of aromatic nitrogens is 2. The van der Waals surface area contributed by atoms with Gasteiger partial charge in [0.1, 0.15) is 5.75 Å². The van der Waals surface area contributed by atoms with E-state index in [1.54, 1.807) is 25.1 Å². The average molecular weight is 416 g/mol. The maximum Gasteiger partial charge on any atom is 0.277 e.